The molecule has 2 aliphatic rings. The van der Waals surface area contributed by atoms with Crippen molar-refractivity contribution in [2.24, 2.45) is 5.92 Å². The first-order valence-corrected chi connectivity index (χ1v) is 6.93. The van der Waals surface area contributed by atoms with Crippen molar-refractivity contribution in [2.75, 3.05) is 26.7 Å². The summed E-state index contributed by atoms with van der Waals surface area (Å²) in [5.74, 6) is 1.20. The van der Waals surface area contributed by atoms with E-state index < -0.39 is 0 Å². The molecule has 0 aromatic heterocycles. The van der Waals surface area contributed by atoms with Crippen LogP contribution in [-0.4, -0.2) is 43.6 Å². The number of methoxy groups -OCH3 is 1. The number of hydrogen-bond donors (Lipinski definition) is 1. The summed E-state index contributed by atoms with van der Waals surface area (Å²) in [5.41, 5.74) is 0.558. The predicted molar refractivity (Wildman–Crippen MR) is 73.8 cm³/mol. The molecular weight excluding hydrogens is 264 g/mol. The molecule has 2 fully saturated rings. The van der Waals surface area contributed by atoms with Crippen molar-refractivity contribution in [3.05, 3.63) is 28.8 Å². The Morgan fingerprint density at radius 2 is 2.32 bits per heavy atom. The van der Waals surface area contributed by atoms with Crippen molar-refractivity contribution in [3.63, 3.8) is 0 Å². The zero-order valence-electron chi connectivity index (χ0n) is 10.9. The van der Waals surface area contributed by atoms with Crippen LogP contribution in [0.2, 0.25) is 5.02 Å². The lowest BCUT2D eigenvalue weighted by molar-refractivity contribution is 0.0733. The van der Waals surface area contributed by atoms with E-state index in [0.717, 1.165) is 26.1 Å². The second kappa shape index (κ2) is 5.02. The highest BCUT2D eigenvalue weighted by Gasteiger charge is 2.40. The van der Waals surface area contributed by atoms with E-state index in [0.29, 0.717) is 28.3 Å². The van der Waals surface area contributed by atoms with Crippen LogP contribution >= 0.6 is 11.6 Å². The number of nitrogens with zero attached hydrogens (tertiary/aromatic N) is 1. The number of benzene rings is 1. The van der Waals surface area contributed by atoms with Crippen LogP contribution in [0.1, 0.15) is 16.8 Å². The monoisotopic (exact) mass is 280 g/mol. The minimum Gasteiger partial charge on any atom is -0.496 e. The Hall–Kier alpha value is -1.26. The van der Waals surface area contributed by atoms with Gasteiger partial charge in [-0.2, -0.15) is 0 Å². The summed E-state index contributed by atoms with van der Waals surface area (Å²) in [4.78, 5) is 14.6. The molecule has 0 spiro atoms. The first-order valence-electron chi connectivity index (χ1n) is 6.56. The Balaban J connectivity index is 1.89. The van der Waals surface area contributed by atoms with Gasteiger partial charge in [0.15, 0.2) is 0 Å². The number of halogens is 1. The number of fused-ring (bicyclic) bond motifs is 1. The highest BCUT2D eigenvalue weighted by Crippen LogP contribution is 2.31. The molecule has 0 bridgehead atoms. The van der Waals surface area contributed by atoms with Gasteiger partial charge in [0.05, 0.1) is 12.7 Å². The van der Waals surface area contributed by atoms with Gasteiger partial charge in [-0.05, 0) is 30.5 Å². The molecule has 102 valence electrons. The Morgan fingerprint density at radius 3 is 3.11 bits per heavy atom. The smallest absolute Gasteiger partial charge is 0.257 e. The molecule has 2 saturated heterocycles. The molecule has 2 atom stereocenters. The van der Waals surface area contributed by atoms with Crippen LogP contribution in [0.4, 0.5) is 0 Å². The lowest BCUT2D eigenvalue weighted by Crippen LogP contribution is -2.39. The minimum atomic E-state index is 0.0237. The summed E-state index contributed by atoms with van der Waals surface area (Å²) >= 11 is 6.00. The lowest BCUT2D eigenvalue weighted by Gasteiger charge is -2.24. The summed E-state index contributed by atoms with van der Waals surface area (Å²) in [6, 6.07) is 5.49. The second-order valence-corrected chi connectivity index (χ2v) is 5.55. The minimum absolute atomic E-state index is 0.0237. The molecule has 2 heterocycles. The maximum atomic E-state index is 12.7. The topological polar surface area (TPSA) is 41.6 Å². The summed E-state index contributed by atoms with van der Waals surface area (Å²) < 4.78 is 5.27. The number of likely N-dealkylation sites (tertiary alicyclic amines) is 1. The second-order valence-electron chi connectivity index (χ2n) is 5.12. The van der Waals surface area contributed by atoms with E-state index in [-0.39, 0.29) is 5.91 Å². The number of carbonyl (C=O) groups excluding carboxylic acids is 1. The molecule has 0 radical (unpaired) electrons. The van der Waals surface area contributed by atoms with E-state index in [4.69, 9.17) is 16.3 Å². The van der Waals surface area contributed by atoms with Crippen LogP contribution in [0.5, 0.6) is 5.75 Å². The summed E-state index contributed by atoms with van der Waals surface area (Å²) in [7, 11) is 1.57. The third kappa shape index (κ3) is 2.19. The number of hydrogen-bond acceptors (Lipinski definition) is 3. The Kier molecular flexibility index (Phi) is 3.37. The SMILES string of the molecule is COc1ccc(Cl)cc1C(=O)N1CC[C@H]2CNC[C@H]21. The van der Waals surface area contributed by atoms with Gasteiger partial charge in [-0.15, -0.1) is 0 Å². The van der Waals surface area contributed by atoms with E-state index in [1.54, 1.807) is 25.3 Å². The maximum absolute atomic E-state index is 12.7. The van der Waals surface area contributed by atoms with Crippen molar-refractivity contribution in [1.82, 2.24) is 10.2 Å². The van der Waals surface area contributed by atoms with Crippen LogP contribution < -0.4 is 10.1 Å². The normalized spacial score (nSPS) is 25.5. The largest absolute Gasteiger partial charge is 0.496 e. The van der Waals surface area contributed by atoms with E-state index >= 15 is 0 Å². The molecule has 1 aromatic rings. The molecule has 19 heavy (non-hydrogen) atoms. The number of nitrogens with one attached hydrogen (secondary N) is 1. The average molecular weight is 281 g/mol. The molecule has 0 saturated carbocycles. The van der Waals surface area contributed by atoms with Crippen LogP contribution in [0, 0.1) is 5.92 Å². The van der Waals surface area contributed by atoms with Gasteiger partial charge < -0.3 is 15.0 Å². The summed E-state index contributed by atoms with van der Waals surface area (Å²) in [6.45, 7) is 2.73. The third-order valence-corrected chi connectivity index (χ3v) is 4.33. The zero-order chi connectivity index (χ0) is 13.4. The van der Waals surface area contributed by atoms with E-state index in [2.05, 4.69) is 5.32 Å². The number of ether oxygens (including phenoxy) is 1. The van der Waals surface area contributed by atoms with Crippen molar-refractivity contribution in [3.8, 4) is 5.75 Å². The first kappa shape index (κ1) is 12.8. The summed E-state index contributed by atoms with van der Waals surface area (Å²) in [5, 5.41) is 3.91. The van der Waals surface area contributed by atoms with Crippen molar-refractivity contribution in [1.29, 1.82) is 0 Å². The molecule has 0 aliphatic carbocycles. The Labute approximate surface area is 117 Å². The van der Waals surface area contributed by atoms with Gasteiger partial charge in [0.2, 0.25) is 0 Å². The first-order chi connectivity index (χ1) is 9.20. The zero-order valence-corrected chi connectivity index (χ0v) is 11.6. The molecule has 1 N–H and O–H groups in total. The average Bonchev–Trinajstić information content (AvgIpc) is 3.00. The quantitative estimate of drug-likeness (QED) is 0.898. The molecule has 0 unspecified atom stereocenters. The van der Waals surface area contributed by atoms with Crippen molar-refractivity contribution in [2.45, 2.75) is 12.5 Å². The number of amides is 1. The molecule has 3 rings (SSSR count). The van der Waals surface area contributed by atoms with Gasteiger partial charge in [-0.25, -0.2) is 0 Å². The standard InChI is InChI=1S/C14H17ClN2O2/c1-19-13-3-2-10(15)6-11(13)14(18)17-5-4-9-7-16-8-12(9)17/h2-3,6,9,12,16H,4-5,7-8H2,1H3/t9-,12+/m0/s1. The fourth-order valence-electron chi connectivity index (χ4n) is 3.10. The molecule has 4 nitrogen and oxygen atoms in total. The fraction of sp³-hybridized carbons (Fsp3) is 0.500. The van der Waals surface area contributed by atoms with Crippen LogP contribution in [0.15, 0.2) is 18.2 Å². The number of carbonyl (C=O) groups is 1. The van der Waals surface area contributed by atoms with Gasteiger partial charge in [0.25, 0.3) is 5.91 Å². The highest BCUT2D eigenvalue weighted by atomic mass is 35.5. The van der Waals surface area contributed by atoms with Gasteiger partial charge in [0, 0.05) is 30.7 Å². The molecule has 5 heteroatoms. The molecular formula is C14H17ClN2O2. The van der Waals surface area contributed by atoms with Crippen LogP contribution in [-0.2, 0) is 0 Å². The highest BCUT2D eigenvalue weighted by molar-refractivity contribution is 6.31. The Bertz CT molecular complexity index is 506. The van der Waals surface area contributed by atoms with Crippen molar-refractivity contribution >= 4 is 17.5 Å². The molecule has 1 aromatic carbocycles. The predicted octanol–water partition coefficient (Wildman–Crippen LogP) is 1.78. The third-order valence-electron chi connectivity index (χ3n) is 4.10. The van der Waals surface area contributed by atoms with Gasteiger partial charge in [-0.1, -0.05) is 11.6 Å². The van der Waals surface area contributed by atoms with Crippen LogP contribution in [0.3, 0.4) is 0 Å². The van der Waals surface area contributed by atoms with E-state index in [1.165, 1.54) is 0 Å². The van der Waals surface area contributed by atoms with E-state index in [1.807, 2.05) is 4.90 Å². The van der Waals surface area contributed by atoms with Gasteiger partial charge >= 0.3 is 0 Å². The Morgan fingerprint density at radius 1 is 1.47 bits per heavy atom. The molecule has 1 amide bonds. The maximum Gasteiger partial charge on any atom is 0.257 e. The van der Waals surface area contributed by atoms with E-state index in [9.17, 15) is 4.79 Å². The van der Waals surface area contributed by atoms with Crippen molar-refractivity contribution < 1.29 is 9.53 Å². The van der Waals surface area contributed by atoms with Gasteiger partial charge in [-0.3, -0.25) is 4.79 Å². The van der Waals surface area contributed by atoms with Gasteiger partial charge in [0.1, 0.15) is 5.75 Å². The number of rotatable bonds is 2. The lowest BCUT2D eigenvalue weighted by atomic mass is 10.0. The summed E-state index contributed by atoms with van der Waals surface area (Å²) in [6.07, 6.45) is 1.08. The fourth-order valence-corrected chi connectivity index (χ4v) is 3.28. The van der Waals surface area contributed by atoms with Crippen LogP contribution in [0.25, 0.3) is 0 Å². The molecule has 2 aliphatic heterocycles.